The Labute approximate surface area is 112 Å². The van der Waals surface area contributed by atoms with Gasteiger partial charge in [-0.15, -0.1) is 0 Å². The van der Waals surface area contributed by atoms with Gasteiger partial charge in [0.2, 0.25) is 11.2 Å². The zero-order chi connectivity index (χ0) is 13.4. The van der Waals surface area contributed by atoms with Crippen molar-refractivity contribution in [1.29, 1.82) is 0 Å². The summed E-state index contributed by atoms with van der Waals surface area (Å²) in [5.41, 5.74) is 0. The van der Waals surface area contributed by atoms with E-state index < -0.39 is 0 Å². The molecule has 0 aliphatic rings. The molecule has 6 nitrogen and oxygen atoms in total. The molecule has 1 aromatic heterocycles. The first-order valence-electron chi connectivity index (χ1n) is 6.01. The quantitative estimate of drug-likeness (QED) is 0.733. The van der Waals surface area contributed by atoms with Crippen LogP contribution in [0.15, 0.2) is 0 Å². The predicted octanol–water partition coefficient (Wildman–Crippen LogP) is 2.15. The first kappa shape index (κ1) is 14.9. The number of rotatable bonds is 8. The van der Waals surface area contributed by atoms with Crippen LogP contribution in [0.3, 0.4) is 0 Å². The van der Waals surface area contributed by atoms with Crippen LogP contribution in [-0.2, 0) is 4.74 Å². The molecule has 0 radical (unpaired) electrons. The topological polar surface area (TPSA) is 69.2 Å². The maximum absolute atomic E-state index is 5.78. The molecule has 7 heteroatoms. The van der Waals surface area contributed by atoms with Crippen LogP contribution in [0.25, 0.3) is 0 Å². The van der Waals surface area contributed by atoms with Crippen molar-refractivity contribution in [2.45, 2.75) is 33.3 Å². The first-order valence-corrected chi connectivity index (χ1v) is 6.39. The molecule has 0 saturated heterocycles. The van der Waals surface area contributed by atoms with E-state index in [1.165, 1.54) is 0 Å². The molecule has 18 heavy (non-hydrogen) atoms. The normalized spacial score (nSPS) is 10.7. The van der Waals surface area contributed by atoms with E-state index in [1.807, 2.05) is 20.8 Å². The van der Waals surface area contributed by atoms with E-state index >= 15 is 0 Å². The Morgan fingerprint density at radius 3 is 2.67 bits per heavy atom. The number of nitrogens with zero attached hydrogens (tertiary/aromatic N) is 3. The highest BCUT2D eigenvalue weighted by Gasteiger charge is 2.05. The van der Waals surface area contributed by atoms with Gasteiger partial charge in [0.05, 0.1) is 19.3 Å². The summed E-state index contributed by atoms with van der Waals surface area (Å²) in [5.74, 6) is 0.397. The lowest BCUT2D eigenvalue weighted by Crippen LogP contribution is -2.15. The van der Waals surface area contributed by atoms with E-state index in [9.17, 15) is 0 Å². The molecule has 1 heterocycles. The van der Waals surface area contributed by atoms with Gasteiger partial charge >= 0.3 is 6.01 Å². The minimum absolute atomic E-state index is 0.114. The zero-order valence-electron chi connectivity index (χ0n) is 10.9. The fourth-order valence-electron chi connectivity index (χ4n) is 1.13. The molecular formula is C11H19ClN4O2. The van der Waals surface area contributed by atoms with E-state index in [2.05, 4.69) is 20.3 Å². The second kappa shape index (κ2) is 8.05. The number of anilines is 1. The highest BCUT2D eigenvalue weighted by molar-refractivity contribution is 6.28. The molecule has 0 spiro atoms. The van der Waals surface area contributed by atoms with Gasteiger partial charge in [-0.1, -0.05) is 6.92 Å². The molecule has 1 aromatic rings. The second-order valence-corrected chi connectivity index (χ2v) is 4.24. The molecule has 0 unspecified atom stereocenters. The molecule has 1 N–H and O–H groups in total. The molecule has 0 bridgehead atoms. The van der Waals surface area contributed by atoms with Gasteiger partial charge in [-0.2, -0.15) is 15.0 Å². The fraction of sp³-hybridized carbons (Fsp3) is 0.727. The lowest BCUT2D eigenvalue weighted by Gasteiger charge is -2.09. The van der Waals surface area contributed by atoms with Crippen LogP contribution in [0.2, 0.25) is 5.28 Å². The van der Waals surface area contributed by atoms with Gasteiger partial charge in [-0.25, -0.2) is 0 Å². The first-order chi connectivity index (χ1) is 8.61. The van der Waals surface area contributed by atoms with Crippen LogP contribution in [0.4, 0.5) is 5.95 Å². The van der Waals surface area contributed by atoms with Crippen molar-refractivity contribution in [3.8, 4) is 6.01 Å². The summed E-state index contributed by atoms with van der Waals surface area (Å²) in [6.07, 6.45) is 1.09. The third kappa shape index (κ3) is 5.97. The van der Waals surface area contributed by atoms with E-state index in [-0.39, 0.29) is 17.4 Å². The third-order valence-corrected chi connectivity index (χ3v) is 2.03. The van der Waals surface area contributed by atoms with E-state index in [0.717, 1.165) is 6.42 Å². The van der Waals surface area contributed by atoms with Crippen LogP contribution < -0.4 is 10.1 Å². The van der Waals surface area contributed by atoms with Crippen molar-refractivity contribution in [3.05, 3.63) is 5.28 Å². The van der Waals surface area contributed by atoms with Gasteiger partial charge in [-0.3, -0.25) is 0 Å². The zero-order valence-corrected chi connectivity index (χ0v) is 11.7. The molecule has 0 fully saturated rings. The van der Waals surface area contributed by atoms with Crippen molar-refractivity contribution < 1.29 is 9.47 Å². The monoisotopic (exact) mass is 274 g/mol. The lowest BCUT2D eigenvalue weighted by molar-refractivity contribution is 0.0869. The highest BCUT2D eigenvalue weighted by Crippen LogP contribution is 2.11. The van der Waals surface area contributed by atoms with Gasteiger partial charge < -0.3 is 14.8 Å². The Morgan fingerprint density at radius 2 is 2.00 bits per heavy atom. The summed E-state index contributed by atoms with van der Waals surface area (Å²) in [6, 6.07) is 0.240. The number of hydrogen-bond donors (Lipinski definition) is 1. The predicted molar refractivity (Wildman–Crippen MR) is 70.2 cm³/mol. The van der Waals surface area contributed by atoms with Gasteiger partial charge in [0.15, 0.2) is 0 Å². The summed E-state index contributed by atoms with van der Waals surface area (Å²) in [5, 5.41) is 3.12. The average molecular weight is 275 g/mol. The van der Waals surface area contributed by atoms with Crippen LogP contribution in [0, 0.1) is 0 Å². The molecular weight excluding hydrogens is 256 g/mol. The average Bonchev–Trinajstić information content (AvgIpc) is 2.31. The summed E-state index contributed by atoms with van der Waals surface area (Å²) in [6.45, 7) is 7.70. The molecule has 0 saturated carbocycles. The second-order valence-electron chi connectivity index (χ2n) is 3.91. The van der Waals surface area contributed by atoms with Crippen molar-refractivity contribution in [2.75, 3.05) is 25.1 Å². The van der Waals surface area contributed by atoms with Crippen molar-refractivity contribution in [1.82, 2.24) is 15.0 Å². The standard InChI is InChI=1S/C11H19ClN4O2/c1-4-6-18-11-15-9(12)14-10(16-11)13-5-7-17-8(2)3/h8H,4-7H2,1-3H3,(H,13,14,15,16). The van der Waals surface area contributed by atoms with E-state index in [0.29, 0.717) is 25.7 Å². The van der Waals surface area contributed by atoms with Crippen LogP contribution in [0.5, 0.6) is 6.01 Å². The van der Waals surface area contributed by atoms with Crippen LogP contribution >= 0.6 is 11.6 Å². The summed E-state index contributed by atoms with van der Waals surface area (Å²) in [7, 11) is 0. The number of aromatic nitrogens is 3. The Kier molecular flexibility index (Phi) is 6.67. The number of halogens is 1. The van der Waals surface area contributed by atoms with Gasteiger partial charge in [-0.05, 0) is 31.9 Å². The molecule has 0 aromatic carbocycles. The Hall–Kier alpha value is -1.14. The highest BCUT2D eigenvalue weighted by atomic mass is 35.5. The van der Waals surface area contributed by atoms with Gasteiger partial charge in [0, 0.05) is 6.54 Å². The SMILES string of the molecule is CCCOc1nc(Cl)nc(NCCOC(C)C)n1. The molecule has 0 aliphatic heterocycles. The summed E-state index contributed by atoms with van der Waals surface area (Å²) < 4.78 is 10.7. The van der Waals surface area contributed by atoms with Crippen LogP contribution in [0.1, 0.15) is 27.2 Å². The molecule has 1 rings (SSSR count). The number of nitrogens with one attached hydrogen (secondary N) is 1. The van der Waals surface area contributed by atoms with Gasteiger partial charge in [0.25, 0.3) is 0 Å². The fourth-order valence-corrected chi connectivity index (χ4v) is 1.28. The molecule has 102 valence electrons. The maximum atomic E-state index is 5.78. The van der Waals surface area contributed by atoms with E-state index in [1.54, 1.807) is 0 Å². The molecule has 0 atom stereocenters. The van der Waals surface area contributed by atoms with E-state index in [4.69, 9.17) is 21.1 Å². The Bertz CT molecular complexity index is 363. The maximum Gasteiger partial charge on any atom is 0.322 e. The minimum atomic E-state index is 0.114. The Morgan fingerprint density at radius 1 is 1.22 bits per heavy atom. The largest absolute Gasteiger partial charge is 0.463 e. The Balaban J connectivity index is 2.46. The lowest BCUT2D eigenvalue weighted by atomic mass is 10.5. The molecule has 0 amide bonds. The van der Waals surface area contributed by atoms with Crippen molar-refractivity contribution in [2.24, 2.45) is 0 Å². The van der Waals surface area contributed by atoms with Gasteiger partial charge in [0.1, 0.15) is 0 Å². The third-order valence-electron chi connectivity index (χ3n) is 1.86. The minimum Gasteiger partial charge on any atom is -0.463 e. The summed E-state index contributed by atoms with van der Waals surface area (Å²) in [4.78, 5) is 11.9. The summed E-state index contributed by atoms with van der Waals surface area (Å²) >= 11 is 5.78. The van der Waals surface area contributed by atoms with Crippen molar-refractivity contribution in [3.63, 3.8) is 0 Å². The molecule has 0 aliphatic carbocycles. The number of ether oxygens (including phenoxy) is 2. The van der Waals surface area contributed by atoms with Crippen molar-refractivity contribution >= 4 is 17.5 Å². The van der Waals surface area contributed by atoms with Crippen LogP contribution in [-0.4, -0.2) is 40.8 Å². The smallest absolute Gasteiger partial charge is 0.322 e. The number of hydrogen-bond acceptors (Lipinski definition) is 6.